The summed E-state index contributed by atoms with van der Waals surface area (Å²) in [6.07, 6.45) is 1.05. The minimum atomic E-state index is -0.244. The summed E-state index contributed by atoms with van der Waals surface area (Å²) in [5.74, 6) is 0. The average molecular weight is 314 g/mol. The molecule has 2 heterocycles. The molecule has 0 unspecified atom stereocenters. The number of halogens is 2. The Bertz CT molecular complexity index is 552. The summed E-state index contributed by atoms with van der Waals surface area (Å²) >= 11 is 5.36. The second-order valence-electron chi connectivity index (χ2n) is 4.36. The van der Waals surface area contributed by atoms with Crippen molar-refractivity contribution < 1.29 is 4.39 Å². The number of thiophene rings is 1. The number of hydrogen-bond acceptors (Lipinski definition) is 2. The van der Waals surface area contributed by atoms with E-state index in [1.165, 1.54) is 20.5 Å². The van der Waals surface area contributed by atoms with Crippen molar-refractivity contribution in [3.63, 3.8) is 0 Å². The van der Waals surface area contributed by atoms with Crippen LogP contribution in [0.3, 0.4) is 0 Å². The highest BCUT2D eigenvalue weighted by molar-refractivity contribution is 9.10. The second-order valence-corrected chi connectivity index (χ2v) is 6.41. The molecule has 0 amide bonds. The van der Waals surface area contributed by atoms with Crippen LogP contribution in [-0.4, -0.2) is 24.7 Å². The molecule has 1 aromatic carbocycles. The molecular weight excluding hydrogens is 301 g/mol. The van der Waals surface area contributed by atoms with E-state index in [0.29, 0.717) is 6.54 Å². The van der Waals surface area contributed by atoms with Gasteiger partial charge in [0.25, 0.3) is 0 Å². The molecule has 1 aliphatic heterocycles. The summed E-state index contributed by atoms with van der Waals surface area (Å²) in [5.41, 5.74) is 1.48. The number of alkyl halides is 1. The second kappa shape index (κ2) is 4.67. The van der Waals surface area contributed by atoms with Crippen LogP contribution in [0.1, 0.15) is 10.4 Å². The van der Waals surface area contributed by atoms with Crippen LogP contribution < -0.4 is 0 Å². The fourth-order valence-corrected chi connectivity index (χ4v) is 4.29. The monoisotopic (exact) mass is 313 g/mol. The maximum absolute atomic E-state index is 12.4. The lowest BCUT2D eigenvalue weighted by molar-refractivity contribution is 0.234. The number of nitrogens with zero attached hydrogens (tertiary/aromatic N) is 1. The van der Waals surface area contributed by atoms with Crippen LogP contribution in [0.15, 0.2) is 22.7 Å². The first-order valence-corrected chi connectivity index (χ1v) is 7.37. The van der Waals surface area contributed by atoms with E-state index in [0.717, 1.165) is 24.0 Å². The molecule has 17 heavy (non-hydrogen) atoms. The third kappa shape index (κ3) is 2.14. The minimum Gasteiger partial charge on any atom is -0.295 e. The molecule has 0 saturated heterocycles. The maximum Gasteiger partial charge on any atom is 0.102 e. The van der Waals surface area contributed by atoms with Gasteiger partial charge >= 0.3 is 0 Å². The zero-order chi connectivity index (χ0) is 11.8. The van der Waals surface area contributed by atoms with Crippen molar-refractivity contribution in [3.05, 3.63) is 33.1 Å². The number of hydrogen-bond donors (Lipinski definition) is 0. The van der Waals surface area contributed by atoms with Gasteiger partial charge in [0.05, 0.1) is 0 Å². The maximum atomic E-state index is 12.4. The van der Waals surface area contributed by atoms with Crippen molar-refractivity contribution in [2.24, 2.45) is 0 Å². The van der Waals surface area contributed by atoms with E-state index >= 15 is 0 Å². The molecule has 0 fully saturated rings. The number of fused-ring (bicyclic) bond motifs is 3. The van der Waals surface area contributed by atoms with Gasteiger partial charge in [-0.25, -0.2) is 4.39 Å². The van der Waals surface area contributed by atoms with E-state index in [1.807, 2.05) is 11.3 Å². The van der Waals surface area contributed by atoms with Crippen LogP contribution in [0.5, 0.6) is 0 Å². The molecule has 90 valence electrons. The van der Waals surface area contributed by atoms with Gasteiger partial charge in [0.2, 0.25) is 0 Å². The molecule has 0 bridgehead atoms. The molecule has 1 nitrogen and oxygen atoms in total. The highest BCUT2D eigenvalue weighted by Gasteiger charge is 2.20. The molecule has 1 aromatic heterocycles. The Labute approximate surface area is 112 Å². The Morgan fingerprint density at radius 2 is 2.29 bits per heavy atom. The average Bonchev–Trinajstić information content (AvgIpc) is 2.65. The highest BCUT2D eigenvalue weighted by Crippen LogP contribution is 2.36. The quantitative estimate of drug-likeness (QED) is 0.810. The Kier molecular flexibility index (Phi) is 3.19. The van der Waals surface area contributed by atoms with Crippen molar-refractivity contribution in [3.8, 4) is 0 Å². The summed E-state index contributed by atoms with van der Waals surface area (Å²) < 4.78 is 14.8. The van der Waals surface area contributed by atoms with E-state index < -0.39 is 0 Å². The summed E-state index contributed by atoms with van der Waals surface area (Å²) in [4.78, 5) is 3.62. The predicted molar refractivity (Wildman–Crippen MR) is 74.5 cm³/mol. The largest absolute Gasteiger partial charge is 0.295 e. The van der Waals surface area contributed by atoms with E-state index in [9.17, 15) is 4.39 Å². The van der Waals surface area contributed by atoms with Crippen molar-refractivity contribution in [2.45, 2.75) is 13.0 Å². The number of rotatable bonds is 2. The van der Waals surface area contributed by atoms with Gasteiger partial charge in [0.15, 0.2) is 0 Å². The molecule has 0 radical (unpaired) electrons. The van der Waals surface area contributed by atoms with Crippen LogP contribution in [0, 0.1) is 0 Å². The van der Waals surface area contributed by atoms with Gasteiger partial charge in [0, 0.05) is 33.7 Å². The van der Waals surface area contributed by atoms with Crippen LogP contribution in [-0.2, 0) is 13.0 Å². The SMILES string of the molecule is FCCN1CCc2c(sc3cc(Br)ccc23)C1. The molecule has 0 N–H and O–H groups in total. The molecule has 2 aromatic rings. The smallest absolute Gasteiger partial charge is 0.102 e. The molecule has 0 atom stereocenters. The normalized spacial score (nSPS) is 16.4. The first-order valence-electron chi connectivity index (χ1n) is 5.76. The lowest BCUT2D eigenvalue weighted by atomic mass is 10.0. The first kappa shape index (κ1) is 11.6. The Morgan fingerprint density at radius 1 is 1.41 bits per heavy atom. The van der Waals surface area contributed by atoms with E-state index in [2.05, 4.69) is 39.0 Å². The Balaban J connectivity index is 2.01. The zero-order valence-corrected chi connectivity index (χ0v) is 11.8. The third-order valence-electron chi connectivity index (χ3n) is 3.28. The van der Waals surface area contributed by atoms with E-state index in [4.69, 9.17) is 0 Å². The molecule has 0 aliphatic carbocycles. The van der Waals surface area contributed by atoms with Crippen LogP contribution in [0.25, 0.3) is 10.1 Å². The topological polar surface area (TPSA) is 3.24 Å². The van der Waals surface area contributed by atoms with Crippen molar-refractivity contribution in [1.29, 1.82) is 0 Å². The van der Waals surface area contributed by atoms with Gasteiger partial charge in [-0.2, -0.15) is 0 Å². The van der Waals surface area contributed by atoms with Crippen LogP contribution in [0.2, 0.25) is 0 Å². The summed E-state index contributed by atoms with van der Waals surface area (Å²) in [5, 5.41) is 1.38. The zero-order valence-electron chi connectivity index (χ0n) is 9.38. The molecule has 0 saturated carbocycles. The van der Waals surface area contributed by atoms with Gasteiger partial charge < -0.3 is 0 Å². The highest BCUT2D eigenvalue weighted by atomic mass is 79.9. The Hall–Kier alpha value is -0.450. The van der Waals surface area contributed by atoms with Crippen molar-refractivity contribution in [1.82, 2.24) is 4.90 Å². The summed E-state index contributed by atoms with van der Waals surface area (Å²) in [6.45, 7) is 2.22. The summed E-state index contributed by atoms with van der Waals surface area (Å²) in [6, 6.07) is 6.47. The van der Waals surface area contributed by atoms with Gasteiger partial charge in [-0.15, -0.1) is 11.3 Å². The van der Waals surface area contributed by atoms with Gasteiger partial charge in [0.1, 0.15) is 6.67 Å². The molecule has 1 aliphatic rings. The Morgan fingerprint density at radius 3 is 3.12 bits per heavy atom. The molecule has 0 spiro atoms. The van der Waals surface area contributed by atoms with Gasteiger partial charge in [-0.3, -0.25) is 4.90 Å². The van der Waals surface area contributed by atoms with Crippen molar-refractivity contribution >= 4 is 37.4 Å². The summed E-state index contributed by atoms with van der Waals surface area (Å²) in [7, 11) is 0. The predicted octanol–water partition coefficient (Wildman–Crippen LogP) is 3.99. The number of benzene rings is 1. The fraction of sp³-hybridized carbons (Fsp3) is 0.385. The standard InChI is InChI=1S/C13H13BrFNS/c14-9-1-2-10-11-3-5-16(6-4-15)8-13(11)17-12(10)7-9/h1-2,7H,3-6,8H2. The fourth-order valence-electron chi connectivity index (χ4n) is 2.44. The van der Waals surface area contributed by atoms with E-state index in [-0.39, 0.29) is 6.67 Å². The first-order chi connectivity index (χ1) is 8.28. The van der Waals surface area contributed by atoms with E-state index in [1.54, 1.807) is 0 Å². The van der Waals surface area contributed by atoms with Crippen LogP contribution in [0.4, 0.5) is 4.39 Å². The molecule has 4 heteroatoms. The van der Waals surface area contributed by atoms with Crippen molar-refractivity contribution in [2.75, 3.05) is 19.8 Å². The van der Waals surface area contributed by atoms with Gasteiger partial charge in [-0.05, 0) is 29.5 Å². The lowest BCUT2D eigenvalue weighted by Gasteiger charge is -2.25. The minimum absolute atomic E-state index is 0.244. The van der Waals surface area contributed by atoms with Crippen LogP contribution >= 0.6 is 27.3 Å². The lowest BCUT2D eigenvalue weighted by Crippen LogP contribution is -2.31. The molecule has 3 rings (SSSR count). The van der Waals surface area contributed by atoms with Gasteiger partial charge in [-0.1, -0.05) is 22.0 Å². The third-order valence-corrected chi connectivity index (χ3v) is 4.96. The molecular formula is C13H13BrFNS.